The Morgan fingerprint density at radius 1 is 1.02 bits per heavy atom. The number of rotatable bonds is 7. The van der Waals surface area contributed by atoms with Crippen LogP contribution in [-0.4, -0.2) is 54.4 Å². The summed E-state index contributed by atoms with van der Waals surface area (Å²) in [5, 5.41) is 18.5. The molecule has 5 aromatic rings. The molecule has 0 amide bonds. The molecule has 0 aliphatic heterocycles. The number of ether oxygens (including phenoxy) is 1. The molecular formula is C30H27ClN6O3. The predicted molar refractivity (Wildman–Crippen MR) is 152 cm³/mol. The molecule has 9 nitrogen and oxygen atoms in total. The van der Waals surface area contributed by atoms with Crippen LogP contribution in [0.4, 0.5) is 5.82 Å². The molecule has 0 unspecified atom stereocenters. The summed E-state index contributed by atoms with van der Waals surface area (Å²) in [5.41, 5.74) is 3.87. The SMILES string of the molecule is C[C@@H]1[C@@H](CO)C[C@@H](Nc2cc(Cl)nc3cc(-c4cncc(-c5ccccc5)n4)nn23)[C@@H]1OC(=O)c1ccccc1. The molecule has 0 spiro atoms. The third-order valence-electron chi connectivity index (χ3n) is 7.40. The van der Waals surface area contributed by atoms with Gasteiger partial charge < -0.3 is 15.2 Å². The highest BCUT2D eigenvalue weighted by molar-refractivity contribution is 6.29. The highest BCUT2D eigenvalue weighted by Gasteiger charge is 2.43. The quantitative estimate of drug-likeness (QED) is 0.209. The average molecular weight is 555 g/mol. The van der Waals surface area contributed by atoms with E-state index in [1.54, 1.807) is 53.3 Å². The zero-order valence-electron chi connectivity index (χ0n) is 21.7. The Hall–Kier alpha value is -4.34. The highest BCUT2D eigenvalue weighted by atomic mass is 35.5. The molecule has 1 aliphatic rings. The van der Waals surface area contributed by atoms with Crippen LogP contribution >= 0.6 is 11.6 Å². The normalized spacial score (nSPS) is 20.5. The Labute approximate surface area is 235 Å². The van der Waals surface area contributed by atoms with E-state index in [0.29, 0.717) is 34.8 Å². The summed E-state index contributed by atoms with van der Waals surface area (Å²) >= 11 is 6.41. The van der Waals surface area contributed by atoms with Crippen molar-refractivity contribution in [2.75, 3.05) is 11.9 Å². The molecule has 1 saturated carbocycles. The number of nitrogens with one attached hydrogen (secondary N) is 1. The Balaban J connectivity index is 1.31. The number of anilines is 1. The molecule has 0 saturated heterocycles. The van der Waals surface area contributed by atoms with Crippen LogP contribution in [0.25, 0.3) is 28.3 Å². The van der Waals surface area contributed by atoms with Crippen molar-refractivity contribution in [1.82, 2.24) is 24.6 Å². The number of fused-ring (bicyclic) bond motifs is 1. The van der Waals surface area contributed by atoms with Gasteiger partial charge in [-0.2, -0.15) is 9.61 Å². The molecule has 202 valence electrons. The number of benzene rings is 2. The van der Waals surface area contributed by atoms with Gasteiger partial charge in [-0.15, -0.1) is 0 Å². The minimum Gasteiger partial charge on any atom is -0.456 e. The molecule has 40 heavy (non-hydrogen) atoms. The van der Waals surface area contributed by atoms with E-state index in [1.807, 2.05) is 43.3 Å². The fourth-order valence-corrected chi connectivity index (χ4v) is 5.44. The number of hydrogen-bond acceptors (Lipinski definition) is 8. The van der Waals surface area contributed by atoms with Crippen molar-refractivity contribution in [2.24, 2.45) is 11.8 Å². The van der Waals surface area contributed by atoms with Crippen molar-refractivity contribution >= 4 is 29.0 Å². The maximum absolute atomic E-state index is 12.9. The fraction of sp³-hybridized carbons (Fsp3) is 0.233. The van der Waals surface area contributed by atoms with Gasteiger partial charge in [-0.05, 0) is 24.5 Å². The van der Waals surface area contributed by atoms with Gasteiger partial charge in [0.15, 0.2) is 5.65 Å². The fourth-order valence-electron chi connectivity index (χ4n) is 5.25. The zero-order valence-corrected chi connectivity index (χ0v) is 22.4. The summed E-state index contributed by atoms with van der Waals surface area (Å²) in [6.45, 7) is 1.98. The van der Waals surface area contributed by atoms with Crippen molar-refractivity contribution in [3.05, 3.63) is 95.9 Å². The Kier molecular flexibility index (Phi) is 7.15. The first-order valence-corrected chi connectivity index (χ1v) is 13.5. The van der Waals surface area contributed by atoms with Crippen molar-refractivity contribution in [2.45, 2.75) is 25.5 Å². The van der Waals surface area contributed by atoms with Gasteiger partial charge in [-0.25, -0.2) is 14.8 Å². The van der Waals surface area contributed by atoms with E-state index in [4.69, 9.17) is 26.4 Å². The standard InChI is InChI=1S/C30H27ClN6O3/c1-18-21(17-38)12-23(29(18)40-30(39)20-10-6-3-7-11-20)34-28-14-26(31)35-27-13-22(36-37(27)28)25-16-32-15-24(33-25)19-8-4-2-5-9-19/h2-11,13-16,18,21,23,29,34,38H,12,17H2,1H3/t18-,21-,23-,29-/m1/s1. The third kappa shape index (κ3) is 5.13. The van der Waals surface area contributed by atoms with Crippen LogP contribution < -0.4 is 5.32 Å². The van der Waals surface area contributed by atoms with Crippen LogP contribution in [0.15, 0.2) is 85.2 Å². The van der Waals surface area contributed by atoms with Crippen molar-refractivity contribution < 1.29 is 14.6 Å². The smallest absolute Gasteiger partial charge is 0.338 e. The number of aromatic nitrogens is 5. The Morgan fingerprint density at radius 2 is 1.75 bits per heavy atom. The van der Waals surface area contributed by atoms with Crippen LogP contribution in [0.3, 0.4) is 0 Å². The molecule has 0 bridgehead atoms. The number of nitrogens with zero attached hydrogens (tertiary/aromatic N) is 5. The second kappa shape index (κ2) is 11.0. The number of hydrogen-bond donors (Lipinski definition) is 2. The van der Waals surface area contributed by atoms with Gasteiger partial charge in [0.05, 0.1) is 29.7 Å². The minimum absolute atomic E-state index is 0.00636. The van der Waals surface area contributed by atoms with Crippen LogP contribution in [-0.2, 0) is 4.74 Å². The lowest BCUT2D eigenvalue weighted by Crippen LogP contribution is -2.36. The first-order chi connectivity index (χ1) is 19.5. The van der Waals surface area contributed by atoms with Gasteiger partial charge in [0.25, 0.3) is 0 Å². The largest absolute Gasteiger partial charge is 0.456 e. The molecule has 2 N–H and O–H groups in total. The summed E-state index contributed by atoms with van der Waals surface area (Å²) < 4.78 is 7.65. The Morgan fingerprint density at radius 3 is 2.50 bits per heavy atom. The van der Waals surface area contributed by atoms with Gasteiger partial charge in [0, 0.05) is 30.2 Å². The average Bonchev–Trinajstić information content (AvgIpc) is 3.55. The molecule has 3 aromatic heterocycles. The Bertz CT molecular complexity index is 1650. The zero-order chi connectivity index (χ0) is 27.6. The number of carbonyl (C=O) groups is 1. The molecule has 2 aromatic carbocycles. The van der Waals surface area contributed by atoms with Crippen molar-refractivity contribution in [1.29, 1.82) is 0 Å². The third-order valence-corrected chi connectivity index (χ3v) is 7.59. The maximum Gasteiger partial charge on any atom is 0.338 e. The summed E-state index contributed by atoms with van der Waals surface area (Å²) in [7, 11) is 0. The monoisotopic (exact) mass is 554 g/mol. The van der Waals surface area contributed by atoms with Gasteiger partial charge in [-0.1, -0.05) is 67.1 Å². The lowest BCUT2D eigenvalue weighted by Gasteiger charge is -2.25. The molecule has 10 heteroatoms. The van der Waals surface area contributed by atoms with Crippen LogP contribution in [0.5, 0.6) is 0 Å². The van der Waals surface area contributed by atoms with E-state index in [0.717, 1.165) is 11.3 Å². The number of carbonyl (C=O) groups excluding carboxylic acids is 1. The molecule has 6 rings (SSSR count). The number of halogens is 1. The number of esters is 1. The minimum atomic E-state index is -0.477. The molecule has 1 aliphatic carbocycles. The predicted octanol–water partition coefficient (Wildman–Crippen LogP) is 5.16. The van der Waals surface area contributed by atoms with Crippen LogP contribution in [0.2, 0.25) is 5.15 Å². The van der Waals surface area contributed by atoms with Gasteiger partial charge in [-0.3, -0.25) is 4.98 Å². The van der Waals surface area contributed by atoms with Gasteiger partial charge in [0.2, 0.25) is 0 Å². The van der Waals surface area contributed by atoms with E-state index in [-0.39, 0.29) is 29.6 Å². The van der Waals surface area contributed by atoms with E-state index < -0.39 is 12.1 Å². The number of aliphatic hydroxyl groups excluding tert-OH is 1. The topological polar surface area (TPSA) is 115 Å². The van der Waals surface area contributed by atoms with E-state index in [1.165, 1.54) is 0 Å². The van der Waals surface area contributed by atoms with E-state index >= 15 is 0 Å². The van der Waals surface area contributed by atoms with Crippen molar-refractivity contribution in [3.63, 3.8) is 0 Å². The first kappa shape index (κ1) is 25.9. The van der Waals surface area contributed by atoms with Crippen LogP contribution in [0.1, 0.15) is 23.7 Å². The van der Waals surface area contributed by atoms with Gasteiger partial charge in [0.1, 0.15) is 28.5 Å². The second-order valence-electron chi connectivity index (χ2n) is 9.94. The molecule has 3 heterocycles. The lowest BCUT2D eigenvalue weighted by atomic mass is 9.98. The first-order valence-electron chi connectivity index (χ1n) is 13.1. The molecular weight excluding hydrogens is 528 g/mol. The van der Waals surface area contributed by atoms with Gasteiger partial charge >= 0.3 is 5.97 Å². The van der Waals surface area contributed by atoms with E-state index in [9.17, 15) is 9.90 Å². The van der Waals surface area contributed by atoms with E-state index in [2.05, 4.69) is 15.3 Å². The molecule has 0 radical (unpaired) electrons. The lowest BCUT2D eigenvalue weighted by molar-refractivity contribution is 0.0154. The summed E-state index contributed by atoms with van der Waals surface area (Å²) in [6.07, 6.45) is 3.50. The summed E-state index contributed by atoms with van der Waals surface area (Å²) in [4.78, 5) is 26.5. The maximum atomic E-state index is 12.9. The highest BCUT2D eigenvalue weighted by Crippen LogP contribution is 2.37. The molecule has 1 fully saturated rings. The molecule has 4 atom stereocenters. The summed E-state index contributed by atoms with van der Waals surface area (Å²) in [5.74, 6) is 0.0826. The van der Waals surface area contributed by atoms with Crippen molar-refractivity contribution in [3.8, 4) is 22.6 Å². The second-order valence-corrected chi connectivity index (χ2v) is 10.3. The summed E-state index contributed by atoms with van der Waals surface area (Å²) in [6, 6.07) is 21.9. The van der Waals surface area contributed by atoms with Crippen LogP contribution in [0, 0.1) is 11.8 Å². The number of aliphatic hydroxyl groups is 1.